The Balaban J connectivity index is 1.49. The van der Waals surface area contributed by atoms with E-state index in [1.54, 1.807) is 31.3 Å². The summed E-state index contributed by atoms with van der Waals surface area (Å²) in [5.74, 6) is 0.0639. The van der Waals surface area contributed by atoms with Crippen molar-refractivity contribution < 1.29 is 23.2 Å². The number of rotatable bonds is 10. The number of para-hydroxylation sites is 1. The molecular weight excluding hydrogens is 461 g/mol. The van der Waals surface area contributed by atoms with Crippen LogP contribution >= 0.6 is 11.9 Å². The quantitative estimate of drug-likeness (QED) is 0.254. The molecule has 0 saturated carbocycles. The minimum absolute atomic E-state index is 0.138. The molecule has 2 aromatic carbocycles. The number of benzene rings is 2. The summed E-state index contributed by atoms with van der Waals surface area (Å²) < 4.78 is 34.2. The first kappa shape index (κ1) is 23.2. The van der Waals surface area contributed by atoms with E-state index in [0.29, 0.717) is 29.3 Å². The summed E-state index contributed by atoms with van der Waals surface area (Å²) in [6.45, 7) is 3.50. The van der Waals surface area contributed by atoms with Crippen molar-refractivity contribution in [3.05, 3.63) is 72.3 Å². The fourth-order valence-corrected chi connectivity index (χ4v) is 3.99. The molecule has 11 heteroatoms. The highest BCUT2D eigenvalue weighted by molar-refractivity contribution is 8.00. The average molecular weight is 484 g/mol. The Morgan fingerprint density at radius 3 is 2.79 bits per heavy atom. The van der Waals surface area contributed by atoms with Gasteiger partial charge in [0.05, 0.1) is 37.2 Å². The SMILES string of the molecule is C=C(F)C(=O)NCc1cnn(Cc2cc3onc(NSc4ccccc4OC)c3cc2OC)c1. The predicted molar refractivity (Wildman–Crippen MR) is 126 cm³/mol. The first-order valence-corrected chi connectivity index (χ1v) is 11.0. The molecule has 0 aliphatic rings. The van der Waals surface area contributed by atoms with E-state index in [4.69, 9.17) is 14.0 Å². The second-order valence-corrected chi connectivity index (χ2v) is 8.03. The summed E-state index contributed by atoms with van der Waals surface area (Å²) in [7, 11) is 3.21. The number of nitrogens with zero attached hydrogens (tertiary/aromatic N) is 3. The number of nitrogens with one attached hydrogen (secondary N) is 2. The highest BCUT2D eigenvalue weighted by Gasteiger charge is 2.15. The van der Waals surface area contributed by atoms with E-state index < -0.39 is 11.7 Å². The Morgan fingerprint density at radius 2 is 2.03 bits per heavy atom. The van der Waals surface area contributed by atoms with Gasteiger partial charge in [0.1, 0.15) is 11.5 Å². The maximum absolute atomic E-state index is 12.8. The maximum atomic E-state index is 12.8. The molecule has 176 valence electrons. The molecular formula is C23H22FN5O4S. The van der Waals surface area contributed by atoms with Gasteiger partial charge in [-0.25, -0.2) is 4.39 Å². The number of ether oxygens (including phenoxy) is 2. The van der Waals surface area contributed by atoms with E-state index in [1.807, 2.05) is 36.4 Å². The van der Waals surface area contributed by atoms with E-state index in [2.05, 4.69) is 26.9 Å². The largest absolute Gasteiger partial charge is 0.496 e. The van der Waals surface area contributed by atoms with Crippen molar-refractivity contribution in [2.75, 3.05) is 18.9 Å². The third-order valence-corrected chi connectivity index (χ3v) is 5.77. The van der Waals surface area contributed by atoms with E-state index >= 15 is 0 Å². The van der Waals surface area contributed by atoms with Crippen molar-refractivity contribution in [2.24, 2.45) is 0 Å². The van der Waals surface area contributed by atoms with Crippen LogP contribution in [0.5, 0.6) is 11.5 Å². The predicted octanol–water partition coefficient (Wildman–Crippen LogP) is 4.31. The lowest BCUT2D eigenvalue weighted by molar-refractivity contribution is -0.119. The number of carbonyl (C=O) groups is 1. The van der Waals surface area contributed by atoms with Gasteiger partial charge in [0.15, 0.2) is 17.2 Å². The fourth-order valence-electron chi connectivity index (χ4n) is 3.24. The van der Waals surface area contributed by atoms with Crippen LogP contribution in [0, 0.1) is 0 Å². The van der Waals surface area contributed by atoms with Crippen LogP contribution in [-0.2, 0) is 17.9 Å². The molecule has 0 aliphatic heterocycles. The Labute approximate surface area is 199 Å². The number of hydrogen-bond donors (Lipinski definition) is 2. The summed E-state index contributed by atoms with van der Waals surface area (Å²) in [5.41, 5.74) is 2.13. The van der Waals surface area contributed by atoms with Gasteiger partial charge in [0.2, 0.25) is 0 Å². The Bertz CT molecular complexity index is 1340. The van der Waals surface area contributed by atoms with Crippen molar-refractivity contribution in [2.45, 2.75) is 18.0 Å². The number of anilines is 1. The van der Waals surface area contributed by atoms with Crippen molar-refractivity contribution >= 4 is 34.6 Å². The van der Waals surface area contributed by atoms with Crippen molar-refractivity contribution in [1.29, 1.82) is 0 Å². The van der Waals surface area contributed by atoms with Crippen molar-refractivity contribution in [3.8, 4) is 11.5 Å². The number of aromatic nitrogens is 3. The molecule has 0 spiro atoms. The smallest absolute Gasteiger partial charge is 0.279 e. The zero-order chi connectivity index (χ0) is 24.1. The summed E-state index contributed by atoms with van der Waals surface area (Å²) in [5, 5.41) is 11.6. The molecule has 0 saturated heterocycles. The zero-order valence-electron chi connectivity index (χ0n) is 18.5. The summed E-state index contributed by atoms with van der Waals surface area (Å²) >= 11 is 1.36. The van der Waals surface area contributed by atoms with Gasteiger partial charge in [0.25, 0.3) is 5.91 Å². The van der Waals surface area contributed by atoms with Gasteiger partial charge in [-0.2, -0.15) is 5.10 Å². The summed E-state index contributed by atoms with van der Waals surface area (Å²) in [6.07, 6.45) is 3.35. The number of amides is 1. The van der Waals surface area contributed by atoms with Crippen LogP contribution in [0.1, 0.15) is 11.1 Å². The summed E-state index contributed by atoms with van der Waals surface area (Å²) in [4.78, 5) is 12.2. The molecule has 34 heavy (non-hydrogen) atoms. The molecule has 2 N–H and O–H groups in total. The maximum Gasteiger partial charge on any atom is 0.279 e. The van der Waals surface area contributed by atoms with Crippen LogP contribution in [0.25, 0.3) is 11.0 Å². The standard InChI is InChI=1S/C23H22FN5O4S/c1-14(24)23(30)25-10-15-11-26-29(12-15)13-16-8-20-17(9-19(16)32-3)22(27-33-20)28-34-21-7-5-4-6-18(21)31-2/h4-9,11-12H,1,10,13H2,2-3H3,(H,25,30)(H,27,28). The van der Waals surface area contributed by atoms with E-state index in [0.717, 1.165) is 21.6 Å². The van der Waals surface area contributed by atoms with Crippen molar-refractivity contribution in [1.82, 2.24) is 20.3 Å². The number of fused-ring (bicyclic) bond motifs is 1. The van der Waals surface area contributed by atoms with Gasteiger partial charge in [0, 0.05) is 23.9 Å². The van der Waals surface area contributed by atoms with Gasteiger partial charge in [-0.05, 0) is 36.2 Å². The molecule has 2 heterocycles. The topological polar surface area (TPSA) is 103 Å². The first-order valence-electron chi connectivity index (χ1n) is 10.1. The Hall–Kier alpha value is -3.99. The van der Waals surface area contributed by atoms with Crippen LogP contribution in [0.2, 0.25) is 0 Å². The molecule has 0 radical (unpaired) electrons. The first-order chi connectivity index (χ1) is 16.5. The van der Waals surface area contributed by atoms with Gasteiger partial charge < -0.3 is 24.0 Å². The molecule has 4 rings (SSSR count). The molecule has 0 aliphatic carbocycles. The lowest BCUT2D eigenvalue weighted by Gasteiger charge is -2.10. The fraction of sp³-hybridized carbons (Fsp3) is 0.174. The van der Waals surface area contributed by atoms with Crippen molar-refractivity contribution in [3.63, 3.8) is 0 Å². The van der Waals surface area contributed by atoms with Gasteiger partial charge in [-0.3, -0.25) is 9.48 Å². The van der Waals surface area contributed by atoms with E-state index in [1.165, 1.54) is 11.9 Å². The molecule has 2 aromatic heterocycles. The lowest BCUT2D eigenvalue weighted by atomic mass is 10.1. The lowest BCUT2D eigenvalue weighted by Crippen LogP contribution is -2.22. The number of hydrogen-bond acceptors (Lipinski definition) is 8. The number of carbonyl (C=O) groups excluding carboxylic acids is 1. The van der Waals surface area contributed by atoms with Crippen LogP contribution < -0.4 is 19.5 Å². The molecule has 0 fully saturated rings. The van der Waals surface area contributed by atoms with Crippen LogP contribution in [0.15, 0.2) is 70.6 Å². The van der Waals surface area contributed by atoms with E-state index in [-0.39, 0.29) is 6.54 Å². The molecule has 0 atom stereocenters. The normalized spacial score (nSPS) is 10.8. The molecule has 4 aromatic rings. The zero-order valence-corrected chi connectivity index (χ0v) is 19.3. The van der Waals surface area contributed by atoms with E-state index in [9.17, 15) is 9.18 Å². The third-order valence-electron chi connectivity index (χ3n) is 4.92. The number of halogens is 1. The average Bonchev–Trinajstić information content (AvgIpc) is 3.46. The molecule has 1 amide bonds. The number of methoxy groups -OCH3 is 2. The second kappa shape index (κ2) is 10.3. The van der Waals surface area contributed by atoms with Gasteiger partial charge in [-0.1, -0.05) is 23.9 Å². The monoisotopic (exact) mass is 483 g/mol. The Morgan fingerprint density at radius 1 is 1.24 bits per heavy atom. The van der Waals surface area contributed by atoms with Crippen LogP contribution in [0.3, 0.4) is 0 Å². The highest BCUT2D eigenvalue weighted by atomic mass is 32.2. The second-order valence-electron chi connectivity index (χ2n) is 7.18. The molecule has 0 bridgehead atoms. The molecule has 9 nitrogen and oxygen atoms in total. The highest BCUT2D eigenvalue weighted by Crippen LogP contribution is 2.35. The molecule has 0 unspecified atom stereocenters. The van der Waals surface area contributed by atoms with Gasteiger partial charge in [-0.15, -0.1) is 0 Å². The van der Waals surface area contributed by atoms with Gasteiger partial charge >= 0.3 is 0 Å². The van der Waals surface area contributed by atoms with Crippen LogP contribution in [0.4, 0.5) is 10.2 Å². The third kappa shape index (κ3) is 5.15. The minimum atomic E-state index is -1.03. The van der Waals surface area contributed by atoms with Crippen LogP contribution in [-0.4, -0.2) is 35.1 Å². The Kier molecular flexibility index (Phi) is 7.02. The minimum Gasteiger partial charge on any atom is -0.496 e. The summed E-state index contributed by atoms with van der Waals surface area (Å²) in [6, 6.07) is 11.3.